The van der Waals surface area contributed by atoms with Crippen molar-refractivity contribution in [2.75, 3.05) is 25.1 Å². The molecule has 0 bridgehead atoms. The van der Waals surface area contributed by atoms with E-state index in [9.17, 15) is 4.79 Å². The van der Waals surface area contributed by atoms with Crippen LogP contribution in [0.4, 0.5) is 5.69 Å². The second kappa shape index (κ2) is 4.65. The van der Waals surface area contributed by atoms with Gasteiger partial charge in [0.05, 0.1) is 18.4 Å². The lowest BCUT2D eigenvalue weighted by Gasteiger charge is -2.41. The number of anilines is 1. The van der Waals surface area contributed by atoms with Gasteiger partial charge in [-0.15, -0.1) is 0 Å². The lowest BCUT2D eigenvalue weighted by atomic mass is 9.96. The molecule has 0 spiro atoms. The van der Waals surface area contributed by atoms with Gasteiger partial charge in [-0.3, -0.25) is 0 Å². The molecule has 4 nitrogen and oxygen atoms in total. The highest BCUT2D eigenvalue weighted by Crippen LogP contribution is 2.34. The van der Waals surface area contributed by atoms with E-state index in [0.717, 1.165) is 30.9 Å². The topological polar surface area (TPSA) is 49.8 Å². The predicted octanol–water partition coefficient (Wildman–Crippen LogP) is 2.24. The molecule has 1 heterocycles. The summed E-state index contributed by atoms with van der Waals surface area (Å²) in [5.41, 5.74) is 1.19. The molecule has 0 aromatic heterocycles. The molecule has 2 rings (SSSR count). The minimum Gasteiger partial charge on any atom is -0.495 e. The number of rotatable bonds is 4. The van der Waals surface area contributed by atoms with E-state index in [4.69, 9.17) is 9.84 Å². The molecular weight excluding hydrogens is 218 g/mol. The summed E-state index contributed by atoms with van der Waals surface area (Å²) in [5, 5.41) is 8.98. The SMILES string of the molecule is CCC1CN(c2cc(C(=O)O)ccc2OC)C1. The van der Waals surface area contributed by atoms with E-state index in [0.29, 0.717) is 11.5 Å². The fourth-order valence-corrected chi connectivity index (χ4v) is 2.09. The Morgan fingerprint density at radius 3 is 2.76 bits per heavy atom. The zero-order valence-corrected chi connectivity index (χ0v) is 10.1. The number of hydrogen-bond donors (Lipinski definition) is 1. The van der Waals surface area contributed by atoms with Crippen molar-refractivity contribution in [3.8, 4) is 5.75 Å². The minimum atomic E-state index is -0.901. The van der Waals surface area contributed by atoms with E-state index in [1.54, 1.807) is 25.3 Å². The normalized spacial score (nSPS) is 15.5. The van der Waals surface area contributed by atoms with Crippen LogP contribution in [-0.4, -0.2) is 31.3 Å². The van der Waals surface area contributed by atoms with Crippen LogP contribution in [-0.2, 0) is 0 Å². The van der Waals surface area contributed by atoms with Gasteiger partial charge in [0.25, 0.3) is 0 Å². The third kappa shape index (κ3) is 2.20. The average molecular weight is 235 g/mol. The molecule has 1 aliphatic rings. The molecular formula is C13H17NO3. The Bertz CT molecular complexity index is 425. The van der Waals surface area contributed by atoms with E-state index in [-0.39, 0.29) is 0 Å². The van der Waals surface area contributed by atoms with Gasteiger partial charge in [0, 0.05) is 13.1 Å². The highest BCUT2D eigenvalue weighted by molar-refractivity contribution is 5.89. The standard InChI is InChI=1S/C13H17NO3/c1-3-9-7-14(8-9)11-6-10(13(15)16)4-5-12(11)17-2/h4-6,9H,3,7-8H2,1-2H3,(H,15,16). The maximum Gasteiger partial charge on any atom is 0.335 e. The van der Waals surface area contributed by atoms with Crippen LogP contribution < -0.4 is 9.64 Å². The molecule has 1 aliphatic heterocycles. The molecule has 92 valence electrons. The van der Waals surface area contributed by atoms with Gasteiger partial charge in [0.1, 0.15) is 5.75 Å². The summed E-state index contributed by atoms with van der Waals surface area (Å²) in [6.07, 6.45) is 1.16. The monoisotopic (exact) mass is 235 g/mol. The van der Waals surface area contributed by atoms with E-state index < -0.39 is 5.97 Å². The van der Waals surface area contributed by atoms with Crippen molar-refractivity contribution < 1.29 is 14.6 Å². The maximum atomic E-state index is 10.9. The summed E-state index contributed by atoms with van der Waals surface area (Å²) in [6.45, 7) is 4.14. The fourth-order valence-electron chi connectivity index (χ4n) is 2.09. The first-order valence-electron chi connectivity index (χ1n) is 5.82. The van der Waals surface area contributed by atoms with Crippen LogP contribution in [0, 0.1) is 5.92 Å². The van der Waals surface area contributed by atoms with Gasteiger partial charge in [0.15, 0.2) is 0 Å². The van der Waals surface area contributed by atoms with Gasteiger partial charge >= 0.3 is 5.97 Å². The van der Waals surface area contributed by atoms with Crippen molar-refractivity contribution in [1.29, 1.82) is 0 Å². The lowest BCUT2D eigenvalue weighted by Crippen LogP contribution is -2.46. The van der Waals surface area contributed by atoms with Crippen LogP contribution in [0.25, 0.3) is 0 Å². The van der Waals surface area contributed by atoms with E-state index >= 15 is 0 Å². The van der Waals surface area contributed by atoms with Gasteiger partial charge in [-0.2, -0.15) is 0 Å². The molecule has 1 aromatic carbocycles. The van der Waals surface area contributed by atoms with Gasteiger partial charge in [-0.1, -0.05) is 6.92 Å². The second-order valence-corrected chi connectivity index (χ2v) is 4.37. The molecule has 0 saturated carbocycles. The summed E-state index contributed by atoms with van der Waals surface area (Å²) >= 11 is 0. The first-order chi connectivity index (χ1) is 8.15. The van der Waals surface area contributed by atoms with Gasteiger partial charge in [-0.25, -0.2) is 4.79 Å². The molecule has 0 radical (unpaired) electrons. The Kier molecular flexibility index (Phi) is 3.22. The third-order valence-corrected chi connectivity index (χ3v) is 3.30. The number of ether oxygens (including phenoxy) is 1. The predicted molar refractivity (Wildman–Crippen MR) is 65.9 cm³/mol. The third-order valence-electron chi connectivity index (χ3n) is 3.30. The first-order valence-corrected chi connectivity index (χ1v) is 5.82. The molecule has 1 N–H and O–H groups in total. The number of carbonyl (C=O) groups is 1. The van der Waals surface area contributed by atoms with E-state index in [2.05, 4.69) is 11.8 Å². The van der Waals surface area contributed by atoms with E-state index in [1.165, 1.54) is 0 Å². The molecule has 4 heteroatoms. The largest absolute Gasteiger partial charge is 0.495 e. The summed E-state index contributed by atoms with van der Waals surface area (Å²) in [6, 6.07) is 4.98. The molecule has 1 fully saturated rings. The van der Waals surface area contributed by atoms with Crippen molar-refractivity contribution >= 4 is 11.7 Å². The highest BCUT2D eigenvalue weighted by atomic mass is 16.5. The molecule has 1 saturated heterocycles. The number of carboxylic acids is 1. The number of carboxylic acid groups (broad SMARTS) is 1. The molecule has 1 aromatic rings. The Labute approximate surface area is 101 Å². The van der Waals surface area contributed by atoms with Crippen molar-refractivity contribution in [3.05, 3.63) is 23.8 Å². The lowest BCUT2D eigenvalue weighted by molar-refractivity contribution is 0.0697. The van der Waals surface area contributed by atoms with Crippen LogP contribution >= 0.6 is 0 Å². The Morgan fingerprint density at radius 2 is 2.24 bits per heavy atom. The molecule has 0 aliphatic carbocycles. The van der Waals surface area contributed by atoms with Gasteiger partial charge < -0.3 is 14.7 Å². The molecule has 17 heavy (non-hydrogen) atoms. The zero-order chi connectivity index (χ0) is 12.4. The summed E-state index contributed by atoms with van der Waals surface area (Å²) in [5.74, 6) is 0.555. The summed E-state index contributed by atoms with van der Waals surface area (Å²) in [4.78, 5) is 13.1. The van der Waals surface area contributed by atoms with Gasteiger partial charge in [0.2, 0.25) is 0 Å². The van der Waals surface area contributed by atoms with E-state index in [1.807, 2.05) is 0 Å². The Hall–Kier alpha value is -1.71. The molecule has 0 unspecified atom stereocenters. The van der Waals surface area contributed by atoms with Crippen LogP contribution in [0.15, 0.2) is 18.2 Å². The molecule has 0 amide bonds. The smallest absolute Gasteiger partial charge is 0.335 e. The van der Waals surface area contributed by atoms with Crippen LogP contribution in [0.2, 0.25) is 0 Å². The maximum absolute atomic E-state index is 10.9. The van der Waals surface area contributed by atoms with Gasteiger partial charge in [-0.05, 0) is 30.5 Å². The Balaban J connectivity index is 2.24. The summed E-state index contributed by atoms with van der Waals surface area (Å²) < 4.78 is 5.27. The van der Waals surface area contributed by atoms with Crippen molar-refractivity contribution in [3.63, 3.8) is 0 Å². The van der Waals surface area contributed by atoms with Crippen LogP contribution in [0.3, 0.4) is 0 Å². The average Bonchev–Trinajstić information content (AvgIpc) is 2.27. The van der Waals surface area contributed by atoms with Crippen LogP contribution in [0.1, 0.15) is 23.7 Å². The highest BCUT2D eigenvalue weighted by Gasteiger charge is 2.27. The summed E-state index contributed by atoms with van der Waals surface area (Å²) in [7, 11) is 1.61. The van der Waals surface area contributed by atoms with Crippen molar-refractivity contribution in [1.82, 2.24) is 0 Å². The zero-order valence-electron chi connectivity index (χ0n) is 10.1. The fraction of sp³-hybridized carbons (Fsp3) is 0.462. The number of aromatic carboxylic acids is 1. The van der Waals surface area contributed by atoms with Crippen molar-refractivity contribution in [2.24, 2.45) is 5.92 Å². The number of nitrogens with zero attached hydrogens (tertiary/aromatic N) is 1. The second-order valence-electron chi connectivity index (χ2n) is 4.37. The number of methoxy groups -OCH3 is 1. The first kappa shape index (κ1) is 11.8. The minimum absolute atomic E-state index is 0.306. The molecule has 0 atom stereocenters. The number of hydrogen-bond acceptors (Lipinski definition) is 3. The number of benzene rings is 1. The Morgan fingerprint density at radius 1 is 1.53 bits per heavy atom. The quantitative estimate of drug-likeness (QED) is 0.869. The van der Waals surface area contributed by atoms with Crippen LogP contribution in [0.5, 0.6) is 5.75 Å². The van der Waals surface area contributed by atoms with Crippen molar-refractivity contribution in [2.45, 2.75) is 13.3 Å².